The summed E-state index contributed by atoms with van der Waals surface area (Å²) in [4.78, 5) is 28.7. The van der Waals surface area contributed by atoms with E-state index in [-0.39, 0.29) is 17.0 Å². The van der Waals surface area contributed by atoms with Crippen molar-refractivity contribution in [1.82, 2.24) is 19.2 Å². The van der Waals surface area contributed by atoms with Gasteiger partial charge in [0.05, 0.1) is 17.6 Å². The summed E-state index contributed by atoms with van der Waals surface area (Å²) in [6.07, 6.45) is 5.08. The number of imidazole rings is 1. The molecule has 0 atom stereocenters. The van der Waals surface area contributed by atoms with Crippen LogP contribution in [0.3, 0.4) is 0 Å². The highest BCUT2D eigenvalue weighted by Gasteiger charge is 2.41. The summed E-state index contributed by atoms with van der Waals surface area (Å²) in [5, 5.41) is 2.68. The van der Waals surface area contributed by atoms with Crippen molar-refractivity contribution in [2.45, 2.75) is 11.4 Å². The number of carbonyl (C=O) groups is 2. The number of para-hydroxylation sites is 1. The molecule has 8 nitrogen and oxygen atoms in total. The van der Waals surface area contributed by atoms with Crippen molar-refractivity contribution < 1.29 is 18.0 Å². The molecule has 28 heavy (non-hydrogen) atoms. The van der Waals surface area contributed by atoms with Crippen molar-refractivity contribution in [2.24, 2.45) is 0 Å². The Morgan fingerprint density at radius 1 is 1.07 bits per heavy atom. The minimum atomic E-state index is -4.01. The van der Waals surface area contributed by atoms with Gasteiger partial charge in [-0.1, -0.05) is 30.3 Å². The number of benzene rings is 2. The largest absolute Gasteiger partial charge is 0.350 e. The Bertz CT molecular complexity index is 1160. The number of nitrogens with one attached hydrogen (secondary N) is 1. The fraction of sp³-hybridized carbons (Fsp3) is 0.105. The van der Waals surface area contributed by atoms with E-state index < -0.39 is 28.4 Å². The van der Waals surface area contributed by atoms with Gasteiger partial charge in [-0.2, -0.15) is 0 Å². The van der Waals surface area contributed by atoms with Gasteiger partial charge in [0, 0.05) is 18.9 Å². The first-order valence-corrected chi connectivity index (χ1v) is 9.91. The fourth-order valence-electron chi connectivity index (χ4n) is 3.08. The third-order valence-corrected chi connectivity index (χ3v) is 6.24. The molecule has 1 aliphatic heterocycles. The lowest BCUT2D eigenvalue weighted by atomic mass is 10.1. The molecule has 0 bridgehead atoms. The first kappa shape index (κ1) is 17.9. The minimum absolute atomic E-state index is 0.0711. The van der Waals surface area contributed by atoms with Crippen LogP contribution in [0.25, 0.3) is 5.69 Å². The monoisotopic (exact) mass is 396 g/mol. The van der Waals surface area contributed by atoms with E-state index in [9.17, 15) is 18.0 Å². The van der Waals surface area contributed by atoms with Crippen LogP contribution in [-0.4, -0.2) is 40.6 Å². The molecule has 9 heteroatoms. The molecular weight excluding hydrogens is 380 g/mol. The number of amides is 2. The molecule has 1 N–H and O–H groups in total. The molecule has 0 spiro atoms. The third-order valence-electron chi connectivity index (χ3n) is 4.45. The van der Waals surface area contributed by atoms with Crippen LogP contribution in [0.2, 0.25) is 0 Å². The maximum atomic E-state index is 12.5. The van der Waals surface area contributed by atoms with Crippen LogP contribution < -0.4 is 5.32 Å². The molecule has 0 saturated heterocycles. The van der Waals surface area contributed by atoms with Gasteiger partial charge in [-0.15, -0.1) is 0 Å². The van der Waals surface area contributed by atoms with Crippen LogP contribution in [0.4, 0.5) is 0 Å². The van der Waals surface area contributed by atoms with E-state index in [1.165, 1.54) is 12.1 Å². The Hall–Kier alpha value is -3.46. The molecule has 2 heterocycles. The second-order valence-electron chi connectivity index (χ2n) is 6.19. The van der Waals surface area contributed by atoms with E-state index in [1.54, 1.807) is 30.9 Å². The number of nitrogens with zero attached hydrogens (tertiary/aromatic N) is 3. The third kappa shape index (κ3) is 3.05. The molecule has 0 saturated carbocycles. The molecule has 2 aromatic carbocycles. The van der Waals surface area contributed by atoms with Crippen LogP contribution >= 0.6 is 0 Å². The minimum Gasteiger partial charge on any atom is -0.350 e. The molecular formula is C19H16N4O4S. The second-order valence-corrected chi connectivity index (χ2v) is 8.02. The number of hydrogen-bond donors (Lipinski definition) is 1. The molecule has 1 aliphatic rings. The highest BCUT2D eigenvalue weighted by molar-refractivity contribution is 7.90. The Balaban J connectivity index is 1.48. The summed E-state index contributed by atoms with van der Waals surface area (Å²) in [6.45, 7) is -0.384. The molecule has 0 unspecified atom stereocenters. The van der Waals surface area contributed by atoms with Gasteiger partial charge in [-0.3, -0.25) is 9.59 Å². The average Bonchev–Trinajstić information content (AvgIpc) is 3.30. The van der Waals surface area contributed by atoms with E-state index in [0.717, 1.165) is 11.3 Å². The van der Waals surface area contributed by atoms with Crippen molar-refractivity contribution in [3.8, 4) is 5.69 Å². The number of aromatic nitrogens is 2. The average molecular weight is 396 g/mol. The zero-order valence-electron chi connectivity index (χ0n) is 14.6. The van der Waals surface area contributed by atoms with Crippen molar-refractivity contribution in [1.29, 1.82) is 0 Å². The van der Waals surface area contributed by atoms with Gasteiger partial charge in [0.1, 0.15) is 11.4 Å². The smallest absolute Gasteiger partial charge is 0.269 e. The maximum Gasteiger partial charge on any atom is 0.269 e. The zero-order chi connectivity index (χ0) is 19.7. The highest BCUT2D eigenvalue weighted by atomic mass is 32.2. The van der Waals surface area contributed by atoms with Gasteiger partial charge in [0.2, 0.25) is 5.91 Å². The van der Waals surface area contributed by atoms with Crippen LogP contribution in [0.1, 0.15) is 15.9 Å². The number of fused-ring (bicyclic) bond motifs is 1. The van der Waals surface area contributed by atoms with Crippen LogP contribution in [-0.2, 0) is 21.4 Å². The molecule has 0 fully saturated rings. The van der Waals surface area contributed by atoms with Crippen LogP contribution in [0, 0.1) is 0 Å². The van der Waals surface area contributed by atoms with Crippen molar-refractivity contribution in [3.05, 3.63) is 78.4 Å². The molecule has 3 aromatic rings. The number of rotatable bonds is 5. The normalized spacial score (nSPS) is 14.7. The lowest BCUT2D eigenvalue weighted by molar-refractivity contribution is -0.121. The zero-order valence-corrected chi connectivity index (χ0v) is 15.5. The van der Waals surface area contributed by atoms with E-state index in [0.29, 0.717) is 4.31 Å². The van der Waals surface area contributed by atoms with E-state index in [4.69, 9.17) is 0 Å². The first-order chi connectivity index (χ1) is 13.5. The second kappa shape index (κ2) is 6.93. The van der Waals surface area contributed by atoms with Gasteiger partial charge in [-0.25, -0.2) is 17.7 Å². The number of hydrogen-bond acceptors (Lipinski definition) is 5. The first-order valence-electron chi connectivity index (χ1n) is 8.47. The Morgan fingerprint density at radius 3 is 2.57 bits per heavy atom. The summed E-state index contributed by atoms with van der Waals surface area (Å²) in [5.41, 5.74) is 1.76. The lowest BCUT2D eigenvalue weighted by Crippen LogP contribution is -2.40. The van der Waals surface area contributed by atoms with Gasteiger partial charge in [0.15, 0.2) is 0 Å². The molecule has 2 amide bonds. The Morgan fingerprint density at radius 2 is 1.82 bits per heavy atom. The Kier molecular flexibility index (Phi) is 4.44. The standard InChI is InChI=1S/C19H16N4O4S/c24-18(12-23-19(25)15-6-2-4-8-17(15)28(23,26)27)21-11-14-5-1-3-7-16(14)22-10-9-20-13-22/h1-10,13H,11-12H2,(H,21,24). The van der Waals surface area contributed by atoms with Gasteiger partial charge in [0.25, 0.3) is 15.9 Å². The summed E-state index contributed by atoms with van der Waals surface area (Å²) in [6, 6.07) is 13.4. The molecule has 1 aromatic heterocycles. The highest BCUT2D eigenvalue weighted by Crippen LogP contribution is 2.29. The predicted molar refractivity (Wildman–Crippen MR) is 100 cm³/mol. The summed E-state index contributed by atoms with van der Waals surface area (Å²) >= 11 is 0. The predicted octanol–water partition coefficient (Wildman–Crippen LogP) is 1.33. The number of carbonyl (C=O) groups excluding carboxylic acids is 2. The summed E-state index contributed by atoms with van der Waals surface area (Å²) < 4.78 is 27.5. The van der Waals surface area contributed by atoms with Crippen molar-refractivity contribution in [2.75, 3.05) is 6.54 Å². The van der Waals surface area contributed by atoms with Crippen molar-refractivity contribution >= 4 is 21.8 Å². The van der Waals surface area contributed by atoms with Gasteiger partial charge >= 0.3 is 0 Å². The van der Waals surface area contributed by atoms with Gasteiger partial charge < -0.3 is 9.88 Å². The molecule has 0 radical (unpaired) electrons. The SMILES string of the molecule is O=C(CN1C(=O)c2ccccc2S1(=O)=O)NCc1ccccc1-n1ccnc1. The van der Waals surface area contributed by atoms with Crippen LogP contribution in [0.5, 0.6) is 0 Å². The van der Waals surface area contributed by atoms with E-state index >= 15 is 0 Å². The maximum absolute atomic E-state index is 12.5. The molecule has 142 valence electrons. The fourth-order valence-corrected chi connectivity index (χ4v) is 4.61. The van der Waals surface area contributed by atoms with E-state index in [2.05, 4.69) is 10.3 Å². The van der Waals surface area contributed by atoms with E-state index in [1.807, 2.05) is 28.8 Å². The summed E-state index contributed by atoms with van der Waals surface area (Å²) in [5.74, 6) is -1.25. The topological polar surface area (TPSA) is 101 Å². The van der Waals surface area contributed by atoms with Crippen molar-refractivity contribution in [3.63, 3.8) is 0 Å². The Labute approximate surface area is 161 Å². The number of sulfonamides is 1. The van der Waals surface area contributed by atoms with Crippen LogP contribution in [0.15, 0.2) is 72.1 Å². The molecule has 4 rings (SSSR count). The quantitative estimate of drug-likeness (QED) is 0.701. The van der Waals surface area contributed by atoms with Gasteiger partial charge in [-0.05, 0) is 23.8 Å². The molecule has 0 aliphatic carbocycles. The summed E-state index contributed by atoms with van der Waals surface area (Å²) in [7, 11) is -4.01. The lowest BCUT2D eigenvalue weighted by Gasteiger charge is -2.16.